The topological polar surface area (TPSA) is 73.0 Å². The molecular weight excluding hydrogens is 375 g/mol. The third-order valence-electron chi connectivity index (χ3n) is 5.75. The zero-order valence-corrected chi connectivity index (χ0v) is 17.1. The van der Waals surface area contributed by atoms with E-state index in [1.165, 1.54) is 30.2 Å². The number of benzene rings is 1. The van der Waals surface area contributed by atoms with Crippen molar-refractivity contribution in [1.29, 1.82) is 0 Å². The van der Waals surface area contributed by atoms with Gasteiger partial charge in [-0.25, -0.2) is 9.18 Å². The first-order chi connectivity index (χ1) is 13.9. The third-order valence-corrected chi connectivity index (χ3v) is 5.75. The van der Waals surface area contributed by atoms with Crippen LogP contribution >= 0.6 is 0 Å². The fourth-order valence-corrected chi connectivity index (χ4v) is 4.05. The molecular formula is C21H29FN4O3. The van der Waals surface area contributed by atoms with Crippen molar-refractivity contribution in [3.63, 3.8) is 0 Å². The monoisotopic (exact) mass is 404 g/mol. The first kappa shape index (κ1) is 21.1. The molecule has 1 aliphatic carbocycles. The lowest BCUT2D eigenvalue weighted by molar-refractivity contribution is -0.125. The molecule has 1 aromatic rings. The lowest BCUT2D eigenvalue weighted by atomic mass is 9.94. The van der Waals surface area contributed by atoms with Gasteiger partial charge in [-0.2, -0.15) is 0 Å². The van der Waals surface area contributed by atoms with E-state index in [-0.39, 0.29) is 43.2 Å². The summed E-state index contributed by atoms with van der Waals surface area (Å²) in [6, 6.07) is 4.77. The molecule has 1 saturated carbocycles. The second-order valence-corrected chi connectivity index (χ2v) is 7.90. The van der Waals surface area contributed by atoms with E-state index < -0.39 is 0 Å². The summed E-state index contributed by atoms with van der Waals surface area (Å²) < 4.78 is 14.6. The molecule has 1 N–H and O–H groups in total. The van der Waals surface area contributed by atoms with Crippen LogP contribution < -0.4 is 10.2 Å². The van der Waals surface area contributed by atoms with Crippen molar-refractivity contribution in [3.8, 4) is 0 Å². The van der Waals surface area contributed by atoms with Crippen LogP contribution in [0.15, 0.2) is 18.2 Å². The Hall–Kier alpha value is -2.64. The van der Waals surface area contributed by atoms with Crippen LogP contribution in [0.3, 0.4) is 0 Å². The quantitative estimate of drug-likeness (QED) is 0.709. The summed E-state index contributed by atoms with van der Waals surface area (Å²) in [5, 5.41) is 2.69. The Balaban J connectivity index is 1.49. The predicted molar refractivity (Wildman–Crippen MR) is 109 cm³/mol. The van der Waals surface area contributed by atoms with E-state index in [1.807, 2.05) is 11.9 Å². The van der Waals surface area contributed by atoms with Gasteiger partial charge in [-0.3, -0.25) is 14.5 Å². The van der Waals surface area contributed by atoms with Crippen molar-refractivity contribution < 1.29 is 18.8 Å². The number of halogens is 1. The number of hydrogen-bond donors (Lipinski definition) is 1. The number of carbonyl (C=O) groups excluding carboxylic acids is 3. The van der Waals surface area contributed by atoms with Gasteiger partial charge in [-0.15, -0.1) is 0 Å². The van der Waals surface area contributed by atoms with E-state index in [2.05, 4.69) is 5.32 Å². The Bertz CT molecular complexity index is 779. The number of anilines is 2. The van der Waals surface area contributed by atoms with E-state index in [0.717, 1.165) is 17.7 Å². The molecule has 1 aliphatic heterocycles. The molecule has 29 heavy (non-hydrogen) atoms. The zero-order chi connectivity index (χ0) is 21.0. The number of urea groups is 1. The van der Waals surface area contributed by atoms with Gasteiger partial charge in [0.05, 0.1) is 5.69 Å². The van der Waals surface area contributed by atoms with Crippen molar-refractivity contribution in [1.82, 2.24) is 9.80 Å². The molecule has 2 aliphatic rings. The average molecular weight is 404 g/mol. The maximum atomic E-state index is 14.6. The molecule has 7 nitrogen and oxygen atoms in total. The predicted octanol–water partition coefficient (Wildman–Crippen LogP) is 3.21. The van der Waals surface area contributed by atoms with Crippen molar-refractivity contribution >= 4 is 29.2 Å². The van der Waals surface area contributed by atoms with E-state index in [0.29, 0.717) is 23.8 Å². The standard InChI is InChI=1S/C21H29FN4O3/c1-24-14-20(28)26(21(24)29)12-6-9-19(27)23-15-10-11-18(17(22)13-15)25(2)16-7-4-3-5-8-16/h10-11,13,16H,3-9,12,14H2,1-2H3,(H,23,27). The van der Waals surface area contributed by atoms with Crippen LogP contribution in [-0.4, -0.2) is 60.9 Å². The summed E-state index contributed by atoms with van der Waals surface area (Å²) in [7, 11) is 3.49. The highest BCUT2D eigenvalue weighted by Crippen LogP contribution is 2.29. The number of hydrogen-bond acceptors (Lipinski definition) is 4. The number of likely N-dealkylation sites (N-methyl/N-ethyl adjacent to an activating group) is 1. The van der Waals surface area contributed by atoms with Gasteiger partial charge in [0.15, 0.2) is 0 Å². The number of nitrogens with one attached hydrogen (secondary N) is 1. The first-order valence-electron chi connectivity index (χ1n) is 10.2. The summed E-state index contributed by atoms with van der Waals surface area (Å²) >= 11 is 0. The zero-order valence-electron chi connectivity index (χ0n) is 17.1. The number of carbonyl (C=O) groups is 3. The van der Waals surface area contributed by atoms with Gasteiger partial charge in [0.1, 0.15) is 12.4 Å². The van der Waals surface area contributed by atoms with Crippen LogP contribution in [0.2, 0.25) is 0 Å². The summed E-state index contributed by atoms with van der Waals surface area (Å²) in [5.74, 6) is -0.880. The molecule has 8 heteroatoms. The Morgan fingerprint density at radius 3 is 2.59 bits per heavy atom. The van der Waals surface area contributed by atoms with E-state index in [9.17, 15) is 18.8 Å². The van der Waals surface area contributed by atoms with Gasteiger partial charge in [-0.05, 0) is 37.5 Å². The van der Waals surface area contributed by atoms with Crippen LogP contribution in [0.25, 0.3) is 0 Å². The van der Waals surface area contributed by atoms with Crippen molar-refractivity contribution in [3.05, 3.63) is 24.0 Å². The van der Waals surface area contributed by atoms with Crippen LogP contribution in [0.5, 0.6) is 0 Å². The molecule has 2 fully saturated rings. The minimum absolute atomic E-state index is 0.0754. The fraction of sp³-hybridized carbons (Fsp3) is 0.571. The first-order valence-corrected chi connectivity index (χ1v) is 10.2. The van der Waals surface area contributed by atoms with E-state index in [4.69, 9.17) is 0 Å². The summed E-state index contributed by atoms with van der Waals surface area (Å²) in [5.41, 5.74) is 0.950. The largest absolute Gasteiger partial charge is 0.369 e. The Morgan fingerprint density at radius 1 is 1.24 bits per heavy atom. The lowest BCUT2D eigenvalue weighted by Crippen LogP contribution is -2.33. The molecule has 1 saturated heterocycles. The highest BCUT2D eigenvalue weighted by atomic mass is 19.1. The van der Waals surface area contributed by atoms with Gasteiger partial charge >= 0.3 is 6.03 Å². The molecule has 0 bridgehead atoms. The number of rotatable bonds is 7. The van der Waals surface area contributed by atoms with Gasteiger partial charge in [0.2, 0.25) is 11.8 Å². The normalized spacial score (nSPS) is 17.8. The fourth-order valence-electron chi connectivity index (χ4n) is 4.05. The van der Waals surface area contributed by atoms with Crippen LogP contribution in [-0.2, 0) is 9.59 Å². The summed E-state index contributed by atoms with van der Waals surface area (Å²) in [4.78, 5) is 40.2. The maximum absolute atomic E-state index is 14.6. The Morgan fingerprint density at radius 2 is 1.97 bits per heavy atom. The molecule has 1 aromatic carbocycles. The molecule has 0 atom stereocenters. The van der Waals surface area contributed by atoms with E-state index >= 15 is 0 Å². The van der Waals surface area contributed by atoms with Crippen molar-refractivity contribution in [2.75, 3.05) is 37.4 Å². The number of nitrogens with zero attached hydrogens (tertiary/aromatic N) is 3. The Labute approximate surface area is 170 Å². The second kappa shape index (κ2) is 9.24. The SMILES string of the molecule is CN1CC(=O)N(CCCC(=O)Nc2ccc(N(C)C3CCCCC3)c(F)c2)C1=O. The molecule has 0 radical (unpaired) electrons. The molecule has 0 aromatic heterocycles. The highest BCUT2D eigenvalue weighted by Gasteiger charge is 2.32. The van der Waals surface area contributed by atoms with Crippen molar-refractivity contribution in [2.45, 2.75) is 51.0 Å². The van der Waals surface area contributed by atoms with Crippen LogP contribution in [0.1, 0.15) is 44.9 Å². The van der Waals surface area contributed by atoms with Gasteiger partial charge in [0.25, 0.3) is 0 Å². The van der Waals surface area contributed by atoms with Crippen LogP contribution in [0.4, 0.5) is 20.6 Å². The summed E-state index contributed by atoms with van der Waals surface area (Å²) in [6.45, 7) is 0.279. The molecule has 4 amide bonds. The maximum Gasteiger partial charge on any atom is 0.326 e. The minimum atomic E-state index is -0.354. The minimum Gasteiger partial charge on any atom is -0.369 e. The molecule has 0 spiro atoms. The number of imide groups is 1. The average Bonchev–Trinajstić information content (AvgIpc) is 2.94. The van der Waals surface area contributed by atoms with Crippen molar-refractivity contribution in [2.24, 2.45) is 0 Å². The van der Waals surface area contributed by atoms with Gasteiger partial charge < -0.3 is 15.1 Å². The van der Waals surface area contributed by atoms with E-state index in [1.54, 1.807) is 19.2 Å². The molecule has 1 heterocycles. The second-order valence-electron chi connectivity index (χ2n) is 7.90. The number of amides is 4. The molecule has 3 rings (SSSR count). The third kappa shape index (κ3) is 5.05. The van der Waals surface area contributed by atoms with Gasteiger partial charge in [0, 0.05) is 38.8 Å². The highest BCUT2D eigenvalue weighted by molar-refractivity contribution is 6.01. The van der Waals surface area contributed by atoms with Crippen LogP contribution in [0, 0.1) is 5.82 Å². The molecule has 158 valence electrons. The smallest absolute Gasteiger partial charge is 0.326 e. The van der Waals surface area contributed by atoms with Gasteiger partial charge in [-0.1, -0.05) is 19.3 Å². The summed E-state index contributed by atoms with van der Waals surface area (Å²) in [6.07, 6.45) is 6.26. The Kier molecular flexibility index (Phi) is 6.71. The molecule has 0 unspecified atom stereocenters. The lowest BCUT2D eigenvalue weighted by Gasteiger charge is -2.33.